The Morgan fingerprint density at radius 1 is 1.16 bits per heavy atom. The first kappa shape index (κ1) is 17.1. The Morgan fingerprint density at radius 3 is 2.60 bits per heavy atom. The summed E-state index contributed by atoms with van der Waals surface area (Å²) in [7, 11) is 0. The van der Waals surface area contributed by atoms with Crippen LogP contribution in [0.5, 0.6) is 0 Å². The summed E-state index contributed by atoms with van der Waals surface area (Å²) in [5, 5.41) is 18.3. The van der Waals surface area contributed by atoms with Crippen LogP contribution in [0, 0.1) is 13.8 Å². The van der Waals surface area contributed by atoms with Crippen molar-refractivity contribution in [3.05, 3.63) is 65.7 Å². The molecule has 1 aromatic carbocycles. The van der Waals surface area contributed by atoms with Crippen molar-refractivity contribution in [1.29, 1.82) is 0 Å². The number of nitrogens with one attached hydrogen (secondary N) is 1. The highest BCUT2D eigenvalue weighted by atomic mass is 16.3. The molecule has 0 fully saturated rings. The summed E-state index contributed by atoms with van der Waals surface area (Å²) in [6, 6.07) is 11.7. The molecule has 130 valence electrons. The molecule has 2 heterocycles. The van der Waals surface area contributed by atoms with E-state index in [9.17, 15) is 5.11 Å². The number of aliphatic hydroxyl groups is 1. The quantitative estimate of drug-likeness (QED) is 0.723. The molecule has 25 heavy (non-hydrogen) atoms. The molecule has 6 heteroatoms. The van der Waals surface area contributed by atoms with Crippen LogP contribution in [0.2, 0.25) is 0 Å². The average Bonchev–Trinajstić information content (AvgIpc) is 2.94. The lowest BCUT2D eigenvalue weighted by Gasteiger charge is -2.24. The third-order valence-electron chi connectivity index (χ3n) is 4.16. The minimum Gasteiger partial charge on any atom is -0.385 e. The second kappa shape index (κ2) is 7.03. The van der Waals surface area contributed by atoms with Crippen molar-refractivity contribution in [2.45, 2.75) is 32.8 Å². The number of anilines is 1. The fraction of sp³-hybridized carbons (Fsp3) is 0.316. The van der Waals surface area contributed by atoms with Gasteiger partial charge in [0.25, 0.3) is 0 Å². The smallest absolute Gasteiger partial charge is 0.174 e. The van der Waals surface area contributed by atoms with Gasteiger partial charge < -0.3 is 10.4 Å². The number of hydrogen-bond acceptors (Lipinski definition) is 5. The van der Waals surface area contributed by atoms with Gasteiger partial charge in [-0.25, -0.2) is 9.67 Å². The first-order chi connectivity index (χ1) is 12.0. The molecule has 0 aliphatic carbocycles. The number of benzene rings is 1. The van der Waals surface area contributed by atoms with Gasteiger partial charge in [-0.15, -0.1) is 0 Å². The summed E-state index contributed by atoms with van der Waals surface area (Å²) < 4.78 is 1.77. The van der Waals surface area contributed by atoms with Crippen LogP contribution < -0.4 is 5.32 Å². The van der Waals surface area contributed by atoms with Gasteiger partial charge in [0.05, 0.1) is 23.7 Å². The van der Waals surface area contributed by atoms with E-state index in [1.165, 1.54) is 0 Å². The molecular formula is C19H23N5O. The molecule has 0 saturated carbocycles. The summed E-state index contributed by atoms with van der Waals surface area (Å²) in [6.45, 7) is 6.34. The fourth-order valence-electron chi connectivity index (χ4n) is 2.78. The lowest BCUT2D eigenvalue weighted by molar-refractivity contribution is 0.0515. The fourth-order valence-corrected chi connectivity index (χ4v) is 2.78. The maximum atomic E-state index is 10.6. The molecule has 0 spiro atoms. The zero-order valence-corrected chi connectivity index (χ0v) is 14.8. The molecule has 0 aliphatic heterocycles. The van der Waals surface area contributed by atoms with Crippen molar-refractivity contribution < 1.29 is 5.11 Å². The third-order valence-corrected chi connectivity index (χ3v) is 4.16. The van der Waals surface area contributed by atoms with Crippen molar-refractivity contribution in [1.82, 2.24) is 19.7 Å². The summed E-state index contributed by atoms with van der Waals surface area (Å²) in [5.74, 6) is 1.33. The first-order valence-electron chi connectivity index (χ1n) is 8.33. The molecular weight excluding hydrogens is 314 g/mol. The summed E-state index contributed by atoms with van der Waals surface area (Å²) in [5.41, 5.74) is 1.96. The van der Waals surface area contributed by atoms with Crippen LogP contribution in [0.25, 0.3) is 5.82 Å². The van der Waals surface area contributed by atoms with Crippen molar-refractivity contribution >= 4 is 5.82 Å². The monoisotopic (exact) mass is 337 g/mol. The molecule has 0 amide bonds. The molecule has 1 unspecified atom stereocenters. The highest BCUT2D eigenvalue weighted by Gasteiger charge is 2.22. The first-order valence-corrected chi connectivity index (χ1v) is 8.33. The Morgan fingerprint density at radius 2 is 1.92 bits per heavy atom. The third kappa shape index (κ3) is 4.03. The van der Waals surface area contributed by atoms with E-state index < -0.39 is 5.60 Å². The van der Waals surface area contributed by atoms with Gasteiger partial charge in [0, 0.05) is 12.2 Å². The summed E-state index contributed by atoms with van der Waals surface area (Å²) in [6.07, 6.45) is 3.92. The molecule has 0 radical (unpaired) electrons. The van der Waals surface area contributed by atoms with Crippen LogP contribution in [0.4, 0.5) is 5.82 Å². The zero-order valence-electron chi connectivity index (χ0n) is 14.8. The van der Waals surface area contributed by atoms with Crippen molar-refractivity contribution in [2.24, 2.45) is 0 Å². The van der Waals surface area contributed by atoms with Crippen LogP contribution in [0.3, 0.4) is 0 Å². The van der Waals surface area contributed by atoms with E-state index in [0.717, 1.165) is 17.0 Å². The van der Waals surface area contributed by atoms with Crippen LogP contribution in [-0.2, 0) is 5.60 Å². The Hall–Kier alpha value is -2.73. The van der Waals surface area contributed by atoms with Gasteiger partial charge in [0.2, 0.25) is 0 Å². The predicted octanol–water partition coefficient (Wildman–Crippen LogP) is 2.99. The van der Waals surface area contributed by atoms with E-state index in [-0.39, 0.29) is 0 Å². The van der Waals surface area contributed by atoms with Crippen molar-refractivity contribution in [3.63, 3.8) is 0 Å². The van der Waals surface area contributed by atoms with Gasteiger partial charge in [0.15, 0.2) is 5.82 Å². The van der Waals surface area contributed by atoms with Gasteiger partial charge in [0.1, 0.15) is 5.82 Å². The number of hydrogen-bond donors (Lipinski definition) is 2. The second-order valence-corrected chi connectivity index (χ2v) is 6.42. The van der Waals surface area contributed by atoms with Gasteiger partial charge in [-0.2, -0.15) is 5.10 Å². The van der Waals surface area contributed by atoms with E-state index >= 15 is 0 Å². The lowest BCUT2D eigenvalue weighted by atomic mass is 9.93. The van der Waals surface area contributed by atoms with E-state index in [1.807, 2.05) is 57.2 Å². The molecule has 2 N–H and O–H groups in total. The topological polar surface area (TPSA) is 75.9 Å². The van der Waals surface area contributed by atoms with E-state index in [4.69, 9.17) is 0 Å². The normalized spacial score (nSPS) is 13.4. The zero-order chi connectivity index (χ0) is 17.9. The summed E-state index contributed by atoms with van der Waals surface area (Å²) in [4.78, 5) is 8.79. The molecule has 0 bridgehead atoms. The molecule has 2 aromatic heterocycles. The molecule has 0 aliphatic rings. The maximum absolute atomic E-state index is 10.6. The number of rotatable bonds is 6. The molecule has 6 nitrogen and oxygen atoms in total. The van der Waals surface area contributed by atoms with E-state index in [0.29, 0.717) is 24.6 Å². The van der Waals surface area contributed by atoms with Crippen molar-refractivity contribution in [3.8, 4) is 5.82 Å². The Balaban J connectivity index is 1.66. The minimum atomic E-state index is -0.894. The highest BCUT2D eigenvalue weighted by molar-refractivity contribution is 5.36. The lowest BCUT2D eigenvalue weighted by Crippen LogP contribution is -2.24. The van der Waals surface area contributed by atoms with Crippen LogP contribution in [0.15, 0.2) is 48.8 Å². The standard InChI is InChI=1S/C19H23N5O/c1-14-11-15(2)24(23-14)18-13-20-12-17(22-18)21-10-9-19(3,25)16-7-5-4-6-8-16/h4-8,11-13,25H,9-10H2,1-3H3,(H,21,22). The van der Waals surface area contributed by atoms with Gasteiger partial charge in [-0.3, -0.25) is 4.98 Å². The number of nitrogens with zero attached hydrogens (tertiary/aromatic N) is 4. The van der Waals surface area contributed by atoms with Gasteiger partial charge in [-0.1, -0.05) is 30.3 Å². The number of aryl methyl sites for hydroxylation is 2. The van der Waals surface area contributed by atoms with Crippen molar-refractivity contribution in [2.75, 3.05) is 11.9 Å². The minimum absolute atomic E-state index is 0.558. The molecule has 3 rings (SSSR count). The highest BCUT2D eigenvalue weighted by Crippen LogP contribution is 2.24. The van der Waals surface area contributed by atoms with Crippen LogP contribution in [-0.4, -0.2) is 31.4 Å². The average molecular weight is 337 g/mol. The Labute approximate surface area is 147 Å². The molecule has 1 atom stereocenters. The number of aromatic nitrogens is 4. The van der Waals surface area contributed by atoms with Gasteiger partial charge in [-0.05, 0) is 38.8 Å². The Kier molecular flexibility index (Phi) is 4.81. The largest absolute Gasteiger partial charge is 0.385 e. The second-order valence-electron chi connectivity index (χ2n) is 6.42. The van der Waals surface area contributed by atoms with Crippen LogP contribution in [0.1, 0.15) is 30.3 Å². The van der Waals surface area contributed by atoms with E-state index in [1.54, 1.807) is 17.1 Å². The Bertz CT molecular complexity index is 842. The van der Waals surface area contributed by atoms with Crippen LogP contribution >= 0.6 is 0 Å². The predicted molar refractivity (Wildman–Crippen MR) is 97.7 cm³/mol. The molecule has 0 saturated heterocycles. The molecule has 3 aromatic rings. The van der Waals surface area contributed by atoms with E-state index in [2.05, 4.69) is 20.4 Å². The summed E-state index contributed by atoms with van der Waals surface area (Å²) >= 11 is 0. The SMILES string of the molecule is Cc1cc(C)n(-c2cncc(NCCC(C)(O)c3ccccc3)n2)n1. The van der Waals surface area contributed by atoms with Gasteiger partial charge >= 0.3 is 0 Å². The maximum Gasteiger partial charge on any atom is 0.174 e.